The van der Waals surface area contributed by atoms with Gasteiger partial charge in [0, 0.05) is 5.92 Å². The predicted molar refractivity (Wildman–Crippen MR) is 73.9 cm³/mol. The molecular weight excluding hydrogens is 264 g/mol. The van der Waals surface area contributed by atoms with Crippen molar-refractivity contribution in [2.75, 3.05) is 0 Å². The van der Waals surface area contributed by atoms with Gasteiger partial charge in [-0.3, -0.25) is 4.79 Å². The largest absolute Gasteiger partial charge is 0.298 e. The topological polar surface area (TPSA) is 42.9 Å². The number of carbonyl (C=O) groups is 1. The lowest BCUT2D eigenvalue weighted by Gasteiger charge is -2.37. The summed E-state index contributed by atoms with van der Waals surface area (Å²) in [5.74, 6) is 0.681. The molecule has 2 aliphatic rings. The maximum atomic E-state index is 12.5. The van der Waals surface area contributed by atoms with Gasteiger partial charge in [-0.25, -0.2) is 0 Å². The smallest absolute Gasteiger partial charge is 0.175 e. The fraction of sp³-hybridized carbons (Fsp3) is 0.769. The number of thioether (sulfide) groups is 1. The number of ketones is 1. The Kier molecular flexibility index (Phi) is 2.66. The van der Waals surface area contributed by atoms with Crippen LogP contribution in [-0.2, 0) is 4.79 Å². The van der Waals surface area contributed by atoms with Crippen molar-refractivity contribution < 1.29 is 4.79 Å². The lowest BCUT2D eigenvalue weighted by molar-refractivity contribution is -0.122. The van der Waals surface area contributed by atoms with E-state index in [4.69, 9.17) is 0 Å². The molecule has 18 heavy (non-hydrogen) atoms. The first kappa shape index (κ1) is 12.6. The molecule has 0 aliphatic heterocycles. The molecule has 0 N–H and O–H groups in total. The van der Waals surface area contributed by atoms with Crippen LogP contribution < -0.4 is 0 Å². The highest BCUT2D eigenvalue weighted by atomic mass is 32.2. The van der Waals surface area contributed by atoms with Crippen LogP contribution in [0.2, 0.25) is 0 Å². The molecule has 2 fully saturated rings. The van der Waals surface area contributed by atoms with E-state index in [0.29, 0.717) is 5.78 Å². The molecule has 98 valence electrons. The number of aromatic nitrogens is 2. The molecule has 0 aromatic carbocycles. The van der Waals surface area contributed by atoms with Crippen molar-refractivity contribution in [1.29, 1.82) is 0 Å². The molecule has 0 amide bonds. The average molecular weight is 282 g/mol. The van der Waals surface area contributed by atoms with Crippen molar-refractivity contribution in [2.45, 2.75) is 50.1 Å². The van der Waals surface area contributed by atoms with Gasteiger partial charge >= 0.3 is 0 Å². The number of Topliss-reactive ketones (excluding diaryl/α,β-unsaturated/α-hetero) is 1. The first-order chi connectivity index (χ1) is 8.36. The Hall–Kier alpha value is -0.420. The lowest BCUT2D eigenvalue weighted by Crippen LogP contribution is -2.35. The number of carbonyl (C=O) groups excluding carboxylic acids is 1. The molecule has 0 unspecified atom stereocenters. The minimum absolute atomic E-state index is 0.0681. The van der Waals surface area contributed by atoms with Gasteiger partial charge in [-0.05, 0) is 30.6 Å². The zero-order valence-corrected chi connectivity index (χ0v) is 12.8. The molecular formula is C13H18N2OS2. The van der Waals surface area contributed by atoms with E-state index in [2.05, 4.69) is 31.0 Å². The highest BCUT2D eigenvalue weighted by Gasteiger charge is 2.66. The zero-order chi connectivity index (χ0) is 13.1. The Balaban J connectivity index is 1.92. The molecule has 5 heteroatoms. The maximum absolute atomic E-state index is 12.5. The molecule has 1 heterocycles. The summed E-state index contributed by atoms with van der Waals surface area (Å²) in [6.45, 7) is 8.75. The molecule has 1 aromatic rings. The molecule has 0 spiro atoms. The molecule has 2 saturated carbocycles. The molecule has 0 saturated heterocycles. The summed E-state index contributed by atoms with van der Waals surface area (Å²) in [5.41, 5.74) is 0.237. The number of aryl methyl sites for hydroxylation is 1. The van der Waals surface area contributed by atoms with Gasteiger partial charge in [0.2, 0.25) is 0 Å². The van der Waals surface area contributed by atoms with Crippen LogP contribution in [0.1, 0.15) is 38.6 Å². The van der Waals surface area contributed by atoms with Crippen molar-refractivity contribution in [3.8, 4) is 0 Å². The summed E-state index contributed by atoms with van der Waals surface area (Å²) >= 11 is 3.23. The third-order valence-corrected chi connectivity index (χ3v) is 7.65. The normalized spacial score (nSPS) is 37.4. The number of fused-ring (bicyclic) bond motifs is 2. The third-order valence-electron chi connectivity index (χ3n) is 5.20. The third kappa shape index (κ3) is 1.46. The molecule has 2 bridgehead atoms. The van der Waals surface area contributed by atoms with Gasteiger partial charge in [-0.2, -0.15) is 0 Å². The van der Waals surface area contributed by atoms with E-state index in [0.717, 1.165) is 22.2 Å². The second-order valence-electron chi connectivity index (χ2n) is 6.22. The predicted octanol–water partition coefficient (Wildman–Crippen LogP) is 3.33. The van der Waals surface area contributed by atoms with Crippen LogP contribution in [0.15, 0.2) is 4.34 Å². The number of rotatable bonds is 2. The standard InChI is InChI=1S/C13H18N2OS2/c1-7-14-15-11(17-7)18-10-9(16)8-5-6-13(10,4)12(8,2)3/h8,10H,5-6H2,1-4H3/t8-,10+,13-/m1/s1. The van der Waals surface area contributed by atoms with Crippen molar-refractivity contribution in [3.63, 3.8) is 0 Å². The number of nitrogens with zero attached hydrogens (tertiary/aromatic N) is 2. The van der Waals surface area contributed by atoms with Gasteiger partial charge in [0.05, 0.1) is 5.25 Å². The van der Waals surface area contributed by atoms with Gasteiger partial charge < -0.3 is 0 Å². The van der Waals surface area contributed by atoms with Crippen molar-refractivity contribution in [3.05, 3.63) is 5.01 Å². The number of hydrogen-bond acceptors (Lipinski definition) is 5. The van der Waals surface area contributed by atoms with Gasteiger partial charge in [0.25, 0.3) is 0 Å². The summed E-state index contributed by atoms with van der Waals surface area (Å²) in [7, 11) is 0. The van der Waals surface area contributed by atoms with E-state index < -0.39 is 0 Å². The van der Waals surface area contributed by atoms with Crippen molar-refractivity contribution >= 4 is 28.9 Å². The van der Waals surface area contributed by atoms with Crippen LogP contribution in [0.3, 0.4) is 0 Å². The van der Waals surface area contributed by atoms with Gasteiger partial charge in [-0.1, -0.05) is 43.9 Å². The van der Waals surface area contributed by atoms with E-state index in [1.165, 1.54) is 0 Å². The van der Waals surface area contributed by atoms with Crippen LogP contribution in [0.5, 0.6) is 0 Å². The fourth-order valence-corrected chi connectivity index (χ4v) is 6.11. The van der Waals surface area contributed by atoms with Crippen LogP contribution in [0.4, 0.5) is 0 Å². The van der Waals surface area contributed by atoms with E-state index >= 15 is 0 Å². The average Bonchev–Trinajstić information content (AvgIpc) is 2.82. The molecule has 3 nitrogen and oxygen atoms in total. The minimum Gasteiger partial charge on any atom is -0.298 e. The van der Waals surface area contributed by atoms with Gasteiger partial charge in [0.15, 0.2) is 4.34 Å². The summed E-state index contributed by atoms with van der Waals surface area (Å²) in [4.78, 5) is 12.5. The summed E-state index contributed by atoms with van der Waals surface area (Å²) < 4.78 is 0.940. The SMILES string of the molecule is Cc1nnc(S[C@H]2C(=O)[C@H]3CC[C@@]2(C)C3(C)C)s1. The Morgan fingerprint density at radius 3 is 2.56 bits per heavy atom. The first-order valence-corrected chi connectivity index (χ1v) is 8.06. The minimum atomic E-state index is 0.0681. The molecule has 3 rings (SSSR count). The van der Waals surface area contributed by atoms with Gasteiger partial charge in [-0.15, -0.1) is 10.2 Å². The highest BCUT2D eigenvalue weighted by molar-refractivity contribution is 8.02. The van der Waals surface area contributed by atoms with E-state index in [1.54, 1.807) is 23.1 Å². The molecule has 3 atom stereocenters. The second-order valence-corrected chi connectivity index (χ2v) is 8.75. The summed E-state index contributed by atoms with van der Waals surface area (Å²) in [5, 5.41) is 9.23. The van der Waals surface area contributed by atoms with Crippen LogP contribution in [0.25, 0.3) is 0 Å². The van der Waals surface area contributed by atoms with Gasteiger partial charge in [0.1, 0.15) is 10.8 Å². The van der Waals surface area contributed by atoms with Crippen molar-refractivity contribution in [2.24, 2.45) is 16.7 Å². The van der Waals surface area contributed by atoms with E-state index in [-0.39, 0.29) is 22.0 Å². The Labute approximate surface area is 116 Å². The Bertz CT molecular complexity index is 511. The van der Waals surface area contributed by atoms with Crippen LogP contribution in [0, 0.1) is 23.7 Å². The monoisotopic (exact) mass is 282 g/mol. The molecule has 1 aromatic heterocycles. The summed E-state index contributed by atoms with van der Waals surface area (Å²) in [6.07, 6.45) is 2.22. The summed E-state index contributed by atoms with van der Waals surface area (Å²) in [6, 6.07) is 0. The second kappa shape index (κ2) is 3.79. The first-order valence-electron chi connectivity index (χ1n) is 6.37. The Morgan fingerprint density at radius 1 is 1.33 bits per heavy atom. The van der Waals surface area contributed by atoms with E-state index in [9.17, 15) is 4.79 Å². The van der Waals surface area contributed by atoms with Crippen molar-refractivity contribution in [1.82, 2.24) is 10.2 Å². The quantitative estimate of drug-likeness (QED) is 0.834. The fourth-order valence-electron chi connectivity index (χ4n) is 3.60. The van der Waals surface area contributed by atoms with Crippen LogP contribution >= 0.6 is 23.1 Å². The maximum Gasteiger partial charge on any atom is 0.175 e. The number of hydrogen-bond donors (Lipinski definition) is 0. The lowest BCUT2D eigenvalue weighted by atomic mass is 9.71. The molecule has 0 radical (unpaired) electrons. The zero-order valence-electron chi connectivity index (χ0n) is 11.2. The highest BCUT2D eigenvalue weighted by Crippen LogP contribution is 2.67. The molecule has 2 aliphatic carbocycles. The van der Waals surface area contributed by atoms with Crippen LogP contribution in [-0.4, -0.2) is 21.2 Å². The van der Waals surface area contributed by atoms with E-state index in [1.807, 2.05) is 6.92 Å². The Morgan fingerprint density at radius 2 is 2.06 bits per heavy atom.